The molecule has 2 aromatic rings. The Hall–Kier alpha value is -2.54. The van der Waals surface area contributed by atoms with Gasteiger partial charge in [-0.1, -0.05) is 24.3 Å². The van der Waals surface area contributed by atoms with Gasteiger partial charge in [0.2, 0.25) is 0 Å². The summed E-state index contributed by atoms with van der Waals surface area (Å²) < 4.78 is 48.0. The summed E-state index contributed by atoms with van der Waals surface area (Å²) in [6.45, 7) is 4.44. The lowest BCUT2D eigenvalue weighted by atomic mass is 10.1. The molecule has 0 aromatic heterocycles. The summed E-state index contributed by atoms with van der Waals surface area (Å²) in [5, 5.41) is 3.21. The smallest absolute Gasteiger partial charge is 0.416 e. The zero-order chi connectivity index (χ0) is 20.8. The Labute approximate surface area is 162 Å². The molecule has 0 saturated carbocycles. The molecule has 0 aliphatic carbocycles. The molecule has 0 heterocycles. The summed E-state index contributed by atoms with van der Waals surface area (Å²) in [4.78, 5) is 11.7. The molecule has 2 rings (SSSR count). The van der Waals surface area contributed by atoms with Gasteiger partial charge in [-0.25, -0.2) is 4.79 Å². The van der Waals surface area contributed by atoms with Gasteiger partial charge in [0, 0.05) is 6.54 Å². The zero-order valence-corrected chi connectivity index (χ0v) is 16.1. The average Bonchev–Trinajstić information content (AvgIpc) is 2.65. The van der Waals surface area contributed by atoms with Crippen LogP contribution in [0.2, 0.25) is 0 Å². The van der Waals surface area contributed by atoms with Gasteiger partial charge in [-0.15, -0.1) is 0 Å². The largest absolute Gasteiger partial charge is 0.476 e. The highest BCUT2D eigenvalue weighted by molar-refractivity contribution is 5.78. The second-order valence-electron chi connectivity index (χ2n) is 6.87. The van der Waals surface area contributed by atoms with Crippen molar-refractivity contribution in [3.8, 4) is 5.75 Å². The first-order valence-electron chi connectivity index (χ1n) is 8.85. The van der Waals surface area contributed by atoms with Crippen LogP contribution in [0.25, 0.3) is 0 Å². The molecule has 2 aromatic carbocycles. The van der Waals surface area contributed by atoms with E-state index < -0.39 is 23.3 Å². The molecule has 0 spiro atoms. The lowest BCUT2D eigenvalue weighted by Gasteiger charge is -2.23. The van der Waals surface area contributed by atoms with Crippen molar-refractivity contribution in [2.75, 3.05) is 13.7 Å². The van der Waals surface area contributed by atoms with Crippen LogP contribution in [0.15, 0.2) is 48.5 Å². The Kier molecular flexibility index (Phi) is 7.07. The van der Waals surface area contributed by atoms with E-state index in [4.69, 9.17) is 9.47 Å². The second kappa shape index (κ2) is 9.10. The maximum atomic E-state index is 12.5. The number of rotatable bonds is 8. The Morgan fingerprint density at radius 1 is 0.964 bits per heavy atom. The summed E-state index contributed by atoms with van der Waals surface area (Å²) in [7, 11) is 1.31. The van der Waals surface area contributed by atoms with E-state index in [0.29, 0.717) is 18.8 Å². The first kappa shape index (κ1) is 21.8. The summed E-state index contributed by atoms with van der Waals surface area (Å²) in [5.41, 5.74) is 0.151. The molecule has 0 unspecified atom stereocenters. The summed E-state index contributed by atoms with van der Waals surface area (Å²) >= 11 is 0. The number of hydrogen-bond donors (Lipinski definition) is 1. The number of benzene rings is 2. The zero-order valence-electron chi connectivity index (χ0n) is 16.1. The Balaban J connectivity index is 1.78. The van der Waals surface area contributed by atoms with Crippen LogP contribution < -0.4 is 10.1 Å². The van der Waals surface area contributed by atoms with Crippen LogP contribution in [-0.2, 0) is 28.7 Å². The van der Waals surface area contributed by atoms with Crippen molar-refractivity contribution in [1.29, 1.82) is 0 Å². The topological polar surface area (TPSA) is 47.6 Å². The van der Waals surface area contributed by atoms with Crippen molar-refractivity contribution in [2.45, 2.75) is 38.6 Å². The highest BCUT2D eigenvalue weighted by atomic mass is 19.4. The van der Waals surface area contributed by atoms with E-state index in [1.54, 1.807) is 26.0 Å². The highest BCUT2D eigenvalue weighted by Crippen LogP contribution is 2.29. The van der Waals surface area contributed by atoms with Gasteiger partial charge in [0.25, 0.3) is 0 Å². The third-order valence-corrected chi connectivity index (χ3v) is 4.17. The molecular weight excluding hydrogens is 371 g/mol. The van der Waals surface area contributed by atoms with Gasteiger partial charge in [0.1, 0.15) is 5.75 Å². The first-order valence-corrected chi connectivity index (χ1v) is 8.85. The molecule has 0 radical (unpaired) electrons. The molecule has 0 aliphatic rings. The van der Waals surface area contributed by atoms with Crippen molar-refractivity contribution in [1.82, 2.24) is 5.32 Å². The molecule has 7 heteroatoms. The summed E-state index contributed by atoms with van der Waals surface area (Å²) in [6.07, 6.45) is -3.56. The number of nitrogens with one attached hydrogen (secondary N) is 1. The maximum absolute atomic E-state index is 12.5. The number of esters is 1. The SMILES string of the molecule is COC(=O)C(C)(C)Oc1ccc(CCNCc2ccc(C(F)(F)F)cc2)cc1. The Morgan fingerprint density at radius 3 is 2.07 bits per heavy atom. The van der Waals surface area contributed by atoms with Crippen LogP contribution in [0.5, 0.6) is 5.75 Å². The van der Waals surface area contributed by atoms with Gasteiger partial charge in [-0.05, 0) is 62.2 Å². The molecular formula is C21H24F3NO3. The van der Waals surface area contributed by atoms with Gasteiger partial charge in [0.05, 0.1) is 12.7 Å². The number of halogens is 3. The summed E-state index contributed by atoms with van der Waals surface area (Å²) in [5.74, 6) is 0.112. The Bertz CT molecular complexity index is 769. The average molecular weight is 395 g/mol. The van der Waals surface area contributed by atoms with E-state index >= 15 is 0 Å². The van der Waals surface area contributed by atoms with E-state index in [9.17, 15) is 18.0 Å². The molecule has 0 amide bonds. The number of carbonyl (C=O) groups is 1. The lowest BCUT2D eigenvalue weighted by Crippen LogP contribution is -2.39. The fourth-order valence-corrected chi connectivity index (χ4v) is 2.58. The van der Waals surface area contributed by atoms with Crippen LogP contribution in [0.3, 0.4) is 0 Å². The predicted octanol–water partition coefficient (Wildman–Crippen LogP) is 4.37. The summed E-state index contributed by atoms with van der Waals surface area (Å²) in [6, 6.07) is 12.5. The molecule has 0 saturated heterocycles. The van der Waals surface area contributed by atoms with Crippen molar-refractivity contribution in [3.05, 3.63) is 65.2 Å². The molecule has 1 N–H and O–H groups in total. The van der Waals surface area contributed by atoms with Crippen LogP contribution in [-0.4, -0.2) is 25.2 Å². The number of ether oxygens (including phenoxy) is 2. The second-order valence-corrected chi connectivity index (χ2v) is 6.87. The van der Waals surface area contributed by atoms with Gasteiger partial charge >= 0.3 is 12.1 Å². The monoisotopic (exact) mass is 395 g/mol. The quantitative estimate of drug-likeness (QED) is 0.533. The van der Waals surface area contributed by atoms with Gasteiger partial charge < -0.3 is 14.8 Å². The third-order valence-electron chi connectivity index (χ3n) is 4.17. The van der Waals surface area contributed by atoms with Crippen LogP contribution in [0.1, 0.15) is 30.5 Å². The fourth-order valence-electron chi connectivity index (χ4n) is 2.58. The minimum atomic E-state index is -4.31. The van der Waals surface area contributed by atoms with Gasteiger partial charge in [-0.2, -0.15) is 13.2 Å². The minimum Gasteiger partial charge on any atom is -0.476 e. The van der Waals surface area contributed by atoms with Gasteiger partial charge in [0.15, 0.2) is 5.60 Å². The van der Waals surface area contributed by atoms with Crippen LogP contribution in [0.4, 0.5) is 13.2 Å². The predicted molar refractivity (Wildman–Crippen MR) is 100 cm³/mol. The van der Waals surface area contributed by atoms with Crippen molar-refractivity contribution < 1.29 is 27.4 Å². The number of hydrogen-bond acceptors (Lipinski definition) is 4. The highest BCUT2D eigenvalue weighted by Gasteiger charge is 2.31. The van der Waals surface area contributed by atoms with E-state index in [0.717, 1.165) is 29.7 Å². The van der Waals surface area contributed by atoms with E-state index in [1.807, 2.05) is 12.1 Å². The van der Waals surface area contributed by atoms with Crippen LogP contribution >= 0.6 is 0 Å². The Morgan fingerprint density at radius 2 is 1.54 bits per heavy atom. The molecule has 28 heavy (non-hydrogen) atoms. The normalized spacial score (nSPS) is 11.9. The van der Waals surface area contributed by atoms with E-state index in [1.165, 1.54) is 19.2 Å². The number of carbonyl (C=O) groups excluding carboxylic acids is 1. The molecule has 0 bridgehead atoms. The van der Waals surface area contributed by atoms with Crippen molar-refractivity contribution >= 4 is 5.97 Å². The lowest BCUT2D eigenvalue weighted by molar-refractivity contribution is -0.156. The van der Waals surface area contributed by atoms with Gasteiger partial charge in [-0.3, -0.25) is 0 Å². The third kappa shape index (κ3) is 6.27. The van der Waals surface area contributed by atoms with Crippen LogP contribution in [0, 0.1) is 0 Å². The van der Waals surface area contributed by atoms with Crippen molar-refractivity contribution in [3.63, 3.8) is 0 Å². The van der Waals surface area contributed by atoms with E-state index in [-0.39, 0.29) is 0 Å². The first-order chi connectivity index (χ1) is 13.1. The minimum absolute atomic E-state index is 0.455. The molecule has 0 aliphatic heterocycles. The number of methoxy groups -OCH3 is 1. The fraction of sp³-hybridized carbons (Fsp3) is 0.381. The molecule has 152 valence electrons. The van der Waals surface area contributed by atoms with E-state index in [2.05, 4.69) is 5.32 Å². The number of alkyl halides is 3. The molecule has 4 nitrogen and oxygen atoms in total. The maximum Gasteiger partial charge on any atom is 0.416 e. The van der Waals surface area contributed by atoms with Crippen molar-refractivity contribution in [2.24, 2.45) is 0 Å². The molecule has 0 atom stereocenters. The standard InChI is InChI=1S/C21H24F3NO3/c1-20(2,19(26)27-3)28-18-10-6-15(7-11-18)12-13-25-14-16-4-8-17(9-5-16)21(22,23)24/h4-11,25H,12-14H2,1-3H3. The molecule has 0 fully saturated rings.